The topological polar surface area (TPSA) is 70.2 Å². The minimum atomic E-state index is -0.655. The van der Waals surface area contributed by atoms with Crippen LogP contribution in [0.4, 0.5) is 13.6 Å². The largest absolute Gasteiger partial charge is 0.354 e. The predicted molar refractivity (Wildman–Crippen MR) is 88.4 cm³/mol. The van der Waals surface area contributed by atoms with Gasteiger partial charge in [0, 0.05) is 24.1 Å². The molecule has 2 atom stereocenters. The van der Waals surface area contributed by atoms with E-state index in [2.05, 4.69) is 16.0 Å². The number of carbonyl (C=O) groups excluding carboxylic acids is 2. The number of hydrogen-bond acceptors (Lipinski definition) is 2. The van der Waals surface area contributed by atoms with E-state index in [1.807, 2.05) is 13.8 Å². The monoisotopic (exact) mass is 341 g/mol. The zero-order chi connectivity index (χ0) is 18.3. The van der Waals surface area contributed by atoms with Gasteiger partial charge < -0.3 is 16.0 Å². The lowest BCUT2D eigenvalue weighted by Gasteiger charge is -2.21. The van der Waals surface area contributed by atoms with Gasteiger partial charge in [-0.1, -0.05) is 6.92 Å². The van der Waals surface area contributed by atoms with Crippen molar-refractivity contribution in [3.05, 3.63) is 35.4 Å². The average Bonchev–Trinajstić information content (AvgIpc) is 2.46. The molecule has 2 unspecified atom stereocenters. The van der Waals surface area contributed by atoms with Crippen molar-refractivity contribution in [1.82, 2.24) is 16.0 Å². The number of rotatable bonds is 7. The van der Waals surface area contributed by atoms with Crippen LogP contribution in [-0.4, -0.2) is 24.0 Å². The number of benzene rings is 1. The number of nitrogens with one attached hydrogen (secondary N) is 3. The second kappa shape index (κ2) is 9.20. The van der Waals surface area contributed by atoms with Crippen molar-refractivity contribution in [2.45, 2.75) is 58.7 Å². The number of hydrogen-bond donors (Lipinski definition) is 3. The van der Waals surface area contributed by atoms with Crippen molar-refractivity contribution < 1.29 is 18.4 Å². The van der Waals surface area contributed by atoms with Crippen LogP contribution in [0.25, 0.3) is 0 Å². The molecular formula is C17H25F2N3O2. The van der Waals surface area contributed by atoms with Crippen LogP contribution >= 0.6 is 0 Å². The molecule has 0 heterocycles. The maximum Gasteiger partial charge on any atom is 0.315 e. The van der Waals surface area contributed by atoms with Gasteiger partial charge >= 0.3 is 6.03 Å². The van der Waals surface area contributed by atoms with Crippen LogP contribution in [-0.2, 0) is 4.79 Å². The minimum absolute atomic E-state index is 0.0268. The van der Waals surface area contributed by atoms with Crippen molar-refractivity contribution in [3.63, 3.8) is 0 Å². The molecule has 0 radical (unpaired) electrons. The summed E-state index contributed by atoms with van der Waals surface area (Å²) in [6.07, 6.45) is 0.534. The molecule has 1 aromatic carbocycles. The van der Waals surface area contributed by atoms with Gasteiger partial charge in [0.2, 0.25) is 5.91 Å². The molecule has 1 rings (SSSR count). The minimum Gasteiger partial charge on any atom is -0.354 e. The Morgan fingerprint density at radius 1 is 1.08 bits per heavy atom. The third-order valence-electron chi connectivity index (χ3n) is 3.37. The average molecular weight is 341 g/mol. The lowest BCUT2D eigenvalue weighted by molar-refractivity contribution is -0.121. The molecule has 134 valence electrons. The summed E-state index contributed by atoms with van der Waals surface area (Å²) in [6, 6.07) is 1.58. The highest BCUT2D eigenvalue weighted by Crippen LogP contribution is 2.21. The van der Waals surface area contributed by atoms with E-state index < -0.39 is 29.7 Å². The molecule has 3 N–H and O–H groups in total. The van der Waals surface area contributed by atoms with Crippen molar-refractivity contribution in [2.75, 3.05) is 0 Å². The van der Waals surface area contributed by atoms with E-state index in [4.69, 9.17) is 0 Å². The molecular weight excluding hydrogens is 316 g/mol. The summed E-state index contributed by atoms with van der Waals surface area (Å²) < 4.78 is 27.1. The van der Waals surface area contributed by atoms with Gasteiger partial charge in [-0.15, -0.1) is 0 Å². The summed E-state index contributed by atoms with van der Waals surface area (Å²) >= 11 is 0. The third kappa shape index (κ3) is 6.52. The van der Waals surface area contributed by atoms with Crippen molar-refractivity contribution in [1.29, 1.82) is 0 Å². The van der Waals surface area contributed by atoms with E-state index in [0.29, 0.717) is 6.42 Å². The molecule has 1 aromatic rings. The van der Waals surface area contributed by atoms with E-state index in [-0.39, 0.29) is 23.9 Å². The van der Waals surface area contributed by atoms with Crippen LogP contribution in [0.2, 0.25) is 0 Å². The molecule has 0 saturated carbocycles. The van der Waals surface area contributed by atoms with Crippen LogP contribution in [0.5, 0.6) is 0 Å². The Morgan fingerprint density at radius 2 is 1.75 bits per heavy atom. The molecule has 0 aromatic heterocycles. The first-order valence-electron chi connectivity index (χ1n) is 8.04. The Bertz CT molecular complexity index is 579. The smallest absolute Gasteiger partial charge is 0.315 e. The van der Waals surface area contributed by atoms with Gasteiger partial charge in [-0.3, -0.25) is 4.79 Å². The van der Waals surface area contributed by atoms with Crippen molar-refractivity contribution in [2.24, 2.45) is 0 Å². The molecule has 0 aliphatic carbocycles. The van der Waals surface area contributed by atoms with Gasteiger partial charge in [0.15, 0.2) is 0 Å². The molecule has 7 heteroatoms. The van der Waals surface area contributed by atoms with Crippen molar-refractivity contribution in [3.8, 4) is 0 Å². The Morgan fingerprint density at radius 3 is 2.33 bits per heavy atom. The molecule has 0 bridgehead atoms. The van der Waals surface area contributed by atoms with Crippen LogP contribution in [0.1, 0.15) is 52.1 Å². The van der Waals surface area contributed by atoms with Crippen LogP contribution in [0.15, 0.2) is 18.2 Å². The Labute approximate surface area is 141 Å². The van der Waals surface area contributed by atoms with E-state index >= 15 is 0 Å². The first-order valence-corrected chi connectivity index (χ1v) is 8.04. The summed E-state index contributed by atoms with van der Waals surface area (Å²) in [7, 11) is 0. The Balaban J connectivity index is 2.61. The van der Waals surface area contributed by atoms with Crippen molar-refractivity contribution >= 4 is 11.9 Å². The van der Waals surface area contributed by atoms with Gasteiger partial charge in [0.1, 0.15) is 11.6 Å². The SMILES string of the molecule is CCC(NC(=O)NC(C)CC(=O)NC(C)C)c1cc(F)ccc1F. The summed E-state index contributed by atoms with van der Waals surface area (Å²) in [6.45, 7) is 7.15. The molecule has 0 aliphatic heterocycles. The number of carbonyl (C=O) groups is 2. The van der Waals surface area contributed by atoms with E-state index in [1.165, 1.54) is 0 Å². The number of urea groups is 1. The highest BCUT2D eigenvalue weighted by molar-refractivity contribution is 5.79. The highest BCUT2D eigenvalue weighted by Gasteiger charge is 2.19. The summed E-state index contributed by atoms with van der Waals surface area (Å²) in [4.78, 5) is 23.7. The zero-order valence-electron chi connectivity index (χ0n) is 14.5. The number of halogens is 2. The molecule has 5 nitrogen and oxygen atoms in total. The summed E-state index contributed by atoms with van der Waals surface area (Å²) in [5, 5.41) is 7.97. The fraction of sp³-hybridized carbons (Fsp3) is 0.529. The quantitative estimate of drug-likeness (QED) is 0.713. The van der Waals surface area contributed by atoms with Gasteiger partial charge in [0.25, 0.3) is 0 Å². The predicted octanol–water partition coefficient (Wildman–Crippen LogP) is 3.02. The maximum absolute atomic E-state index is 13.8. The first-order chi connectivity index (χ1) is 11.2. The normalized spacial score (nSPS) is 13.3. The van der Waals surface area contributed by atoms with E-state index in [9.17, 15) is 18.4 Å². The third-order valence-corrected chi connectivity index (χ3v) is 3.37. The standard InChI is InChI=1S/C17H25F2N3O2/c1-5-15(13-9-12(18)6-7-14(13)19)22-17(24)21-11(4)8-16(23)20-10(2)3/h6-7,9-11,15H,5,8H2,1-4H3,(H,20,23)(H2,21,22,24). The van der Waals surface area contributed by atoms with Crippen LogP contribution in [0.3, 0.4) is 0 Å². The molecule has 0 saturated heterocycles. The Kier molecular flexibility index (Phi) is 7.61. The van der Waals surface area contributed by atoms with Gasteiger partial charge in [-0.05, 0) is 45.4 Å². The lowest BCUT2D eigenvalue weighted by Crippen LogP contribution is -2.44. The fourth-order valence-corrected chi connectivity index (χ4v) is 2.32. The molecule has 0 spiro atoms. The lowest BCUT2D eigenvalue weighted by atomic mass is 10.0. The van der Waals surface area contributed by atoms with Gasteiger partial charge in [-0.25, -0.2) is 13.6 Å². The second-order valence-corrected chi connectivity index (χ2v) is 6.07. The fourth-order valence-electron chi connectivity index (χ4n) is 2.32. The molecule has 0 aliphatic rings. The van der Waals surface area contributed by atoms with Gasteiger partial charge in [0.05, 0.1) is 6.04 Å². The van der Waals surface area contributed by atoms with Crippen LogP contribution < -0.4 is 16.0 Å². The first kappa shape index (κ1) is 19.9. The van der Waals surface area contributed by atoms with E-state index in [1.54, 1.807) is 13.8 Å². The highest BCUT2D eigenvalue weighted by atomic mass is 19.1. The molecule has 24 heavy (non-hydrogen) atoms. The number of amides is 3. The molecule has 3 amide bonds. The zero-order valence-corrected chi connectivity index (χ0v) is 14.5. The van der Waals surface area contributed by atoms with Crippen LogP contribution in [0, 0.1) is 11.6 Å². The van der Waals surface area contributed by atoms with E-state index in [0.717, 1.165) is 18.2 Å². The summed E-state index contributed by atoms with van der Waals surface area (Å²) in [5.41, 5.74) is 0.0952. The maximum atomic E-state index is 13.8. The molecule has 0 fully saturated rings. The Hall–Kier alpha value is -2.18. The summed E-state index contributed by atoms with van der Waals surface area (Å²) in [5.74, 6) is -1.31. The second-order valence-electron chi connectivity index (χ2n) is 6.07. The van der Waals surface area contributed by atoms with Gasteiger partial charge in [-0.2, -0.15) is 0 Å².